The average molecular weight is 226 g/mol. The van der Waals surface area contributed by atoms with Crippen molar-refractivity contribution >= 4 is 5.78 Å². The van der Waals surface area contributed by atoms with Gasteiger partial charge in [0.05, 0.1) is 6.54 Å². The van der Waals surface area contributed by atoms with Crippen molar-refractivity contribution in [2.45, 2.75) is 52.0 Å². The lowest BCUT2D eigenvalue weighted by atomic mass is 9.99. The molecule has 1 aliphatic heterocycles. The molecule has 0 aromatic rings. The second-order valence-corrected chi connectivity index (χ2v) is 5.25. The van der Waals surface area contributed by atoms with E-state index in [1.165, 1.54) is 6.42 Å². The molecular formula is C13H26N2O. The number of piperidine rings is 1. The number of likely N-dealkylation sites (tertiary alicyclic amines) is 1. The second kappa shape index (κ2) is 7.02. The number of hydrogen-bond donors (Lipinski definition) is 1. The minimum absolute atomic E-state index is 0.352. The SMILES string of the molecule is CCCC(C)CC(=O)CN1CCC(N)CC1. The van der Waals surface area contributed by atoms with E-state index >= 15 is 0 Å². The van der Waals surface area contributed by atoms with Gasteiger partial charge in [-0.3, -0.25) is 9.69 Å². The highest BCUT2D eigenvalue weighted by Gasteiger charge is 2.18. The fraction of sp³-hybridized carbons (Fsp3) is 0.923. The zero-order chi connectivity index (χ0) is 12.0. The summed E-state index contributed by atoms with van der Waals surface area (Å²) in [7, 11) is 0. The first kappa shape index (κ1) is 13.7. The Hall–Kier alpha value is -0.410. The van der Waals surface area contributed by atoms with Crippen LogP contribution in [0.1, 0.15) is 46.0 Å². The summed E-state index contributed by atoms with van der Waals surface area (Å²) < 4.78 is 0. The molecule has 0 aliphatic carbocycles. The van der Waals surface area contributed by atoms with Crippen molar-refractivity contribution in [3.8, 4) is 0 Å². The zero-order valence-corrected chi connectivity index (χ0v) is 10.7. The van der Waals surface area contributed by atoms with E-state index in [0.717, 1.165) is 38.8 Å². The highest BCUT2D eigenvalue weighted by Crippen LogP contribution is 2.12. The van der Waals surface area contributed by atoms with E-state index in [4.69, 9.17) is 5.73 Å². The van der Waals surface area contributed by atoms with E-state index in [9.17, 15) is 4.79 Å². The summed E-state index contributed by atoms with van der Waals surface area (Å²) in [4.78, 5) is 14.1. The fourth-order valence-electron chi connectivity index (χ4n) is 2.41. The van der Waals surface area contributed by atoms with Crippen molar-refractivity contribution < 1.29 is 4.79 Å². The van der Waals surface area contributed by atoms with Crippen LogP contribution in [0.25, 0.3) is 0 Å². The van der Waals surface area contributed by atoms with Gasteiger partial charge in [0, 0.05) is 25.6 Å². The Kier molecular flexibility index (Phi) is 5.99. The Balaban J connectivity index is 2.18. The normalized spacial score (nSPS) is 20.9. The van der Waals surface area contributed by atoms with E-state index in [1.807, 2.05) is 0 Å². The number of carbonyl (C=O) groups is 1. The number of nitrogens with two attached hydrogens (primary N) is 1. The number of hydrogen-bond acceptors (Lipinski definition) is 3. The summed E-state index contributed by atoms with van der Waals surface area (Å²) in [6, 6.07) is 0.352. The monoisotopic (exact) mass is 226 g/mol. The summed E-state index contributed by atoms with van der Waals surface area (Å²) in [5.41, 5.74) is 5.84. The lowest BCUT2D eigenvalue weighted by Gasteiger charge is -2.29. The fourth-order valence-corrected chi connectivity index (χ4v) is 2.41. The molecule has 94 valence electrons. The van der Waals surface area contributed by atoms with Crippen LogP contribution in [0.2, 0.25) is 0 Å². The maximum absolute atomic E-state index is 11.8. The van der Waals surface area contributed by atoms with Gasteiger partial charge < -0.3 is 5.73 Å². The molecule has 1 rings (SSSR count). The summed E-state index contributed by atoms with van der Waals surface area (Å²) in [5.74, 6) is 0.945. The van der Waals surface area contributed by atoms with Crippen LogP contribution in [0.5, 0.6) is 0 Å². The van der Waals surface area contributed by atoms with Gasteiger partial charge in [-0.2, -0.15) is 0 Å². The third-order valence-corrected chi connectivity index (χ3v) is 3.39. The van der Waals surface area contributed by atoms with E-state index < -0.39 is 0 Å². The van der Waals surface area contributed by atoms with Crippen LogP contribution in [0.15, 0.2) is 0 Å². The van der Waals surface area contributed by atoms with E-state index in [-0.39, 0.29) is 0 Å². The molecule has 2 N–H and O–H groups in total. The third kappa shape index (κ3) is 5.08. The molecule has 0 amide bonds. The molecule has 1 atom stereocenters. The second-order valence-electron chi connectivity index (χ2n) is 5.25. The van der Waals surface area contributed by atoms with Crippen LogP contribution >= 0.6 is 0 Å². The van der Waals surface area contributed by atoms with Crippen LogP contribution in [0.4, 0.5) is 0 Å². The maximum Gasteiger partial charge on any atom is 0.147 e. The van der Waals surface area contributed by atoms with Crippen LogP contribution < -0.4 is 5.73 Å². The molecule has 0 aromatic carbocycles. The molecule has 0 aromatic heterocycles. The molecule has 1 saturated heterocycles. The molecule has 1 fully saturated rings. The molecule has 0 saturated carbocycles. The Morgan fingerprint density at radius 2 is 2.06 bits per heavy atom. The summed E-state index contributed by atoms with van der Waals surface area (Å²) in [6.07, 6.45) is 5.16. The quantitative estimate of drug-likeness (QED) is 0.751. The predicted octanol–water partition coefficient (Wildman–Crippen LogP) is 1.80. The number of nitrogens with zero attached hydrogens (tertiary/aromatic N) is 1. The number of carbonyl (C=O) groups excluding carboxylic acids is 1. The van der Waals surface area contributed by atoms with Crippen molar-refractivity contribution in [2.24, 2.45) is 11.7 Å². The molecule has 1 heterocycles. The molecule has 3 heteroatoms. The summed E-state index contributed by atoms with van der Waals surface area (Å²) in [5, 5.41) is 0. The van der Waals surface area contributed by atoms with Crippen molar-refractivity contribution in [3.05, 3.63) is 0 Å². The topological polar surface area (TPSA) is 46.3 Å². The molecule has 0 bridgehead atoms. The highest BCUT2D eigenvalue weighted by molar-refractivity contribution is 5.80. The summed E-state index contributed by atoms with van der Waals surface area (Å²) in [6.45, 7) is 6.98. The lowest BCUT2D eigenvalue weighted by molar-refractivity contribution is -0.121. The predicted molar refractivity (Wildman–Crippen MR) is 67.3 cm³/mol. The highest BCUT2D eigenvalue weighted by atomic mass is 16.1. The average Bonchev–Trinajstić information content (AvgIpc) is 2.21. The number of Topliss-reactive ketones (excluding diaryl/α,β-unsaturated/α-hetero) is 1. The molecule has 1 unspecified atom stereocenters. The number of rotatable bonds is 6. The van der Waals surface area contributed by atoms with Gasteiger partial charge in [0.2, 0.25) is 0 Å². The Morgan fingerprint density at radius 1 is 1.44 bits per heavy atom. The van der Waals surface area contributed by atoms with Gasteiger partial charge in [0.1, 0.15) is 5.78 Å². The first-order valence-corrected chi connectivity index (χ1v) is 6.61. The zero-order valence-electron chi connectivity index (χ0n) is 10.7. The smallest absolute Gasteiger partial charge is 0.147 e. The van der Waals surface area contributed by atoms with E-state index in [0.29, 0.717) is 24.3 Å². The van der Waals surface area contributed by atoms with Gasteiger partial charge in [-0.25, -0.2) is 0 Å². The van der Waals surface area contributed by atoms with Crippen LogP contribution in [-0.2, 0) is 4.79 Å². The lowest BCUT2D eigenvalue weighted by Crippen LogP contribution is -2.42. The molecular weight excluding hydrogens is 200 g/mol. The summed E-state index contributed by atoms with van der Waals surface area (Å²) >= 11 is 0. The van der Waals surface area contributed by atoms with Crippen LogP contribution in [0, 0.1) is 5.92 Å². The maximum atomic E-state index is 11.8. The largest absolute Gasteiger partial charge is 0.328 e. The first-order valence-electron chi connectivity index (χ1n) is 6.61. The van der Waals surface area contributed by atoms with Crippen molar-refractivity contribution in [1.29, 1.82) is 0 Å². The molecule has 16 heavy (non-hydrogen) atoms. The molecule has 0 radical (unpaired) electrons. The molecule has 3 nitrogen and oxygen atoms in total. The van der Waals surface area contributed by atoms with Gasteiger partial charge in [0.25, 0.3) is 0 Å². The standard InChI is InChI=1S/C13H26N2O/c1-3-4-11(2)9-13(16)10-15-7-5-12(14)6-8-15/h11-12H,3-10,14H2,1-2H3. The van der Waals surface area contributed by atoms with Crippen molar-refractivity contribution in [3.63, 3.8) is 0 Å². The minimum Gasteiger partial charge on any atom is -0.328 e. The Morgan fingerprint density at radius 3 is 2.62 bits per heavy atom. The van der Waals surface area contributed by atoms with Crippen LogP contribution in [-0.4, -0.2) is 36.4 Å². The van der Waals surface area contributed by atoms with Crippen LogP contribution in [0.3, 0.4) is 0 Å². The van der Waals surface area contributed by atoms with Gasteiger partial charge >= 0.3 is 0 Å². The third-order valence-electron chi connectivity index (χ3n) is 3.39. The van der Waals surface area contributed by atoms with Gasteiger partial charge in [0.15, 0.2) is 0 Å². The van der Waals surface area contributed by atoms with Crippen molar-refractivity contribution in [2.75, 3.05) is 19.6 Å². The van der Waals surface area contributed by atoms with E-state index in [2.05, 4.69) is 18.7 Å². The number of ketones is 1. The Labute approximate surface area is 99.4 Å². The van der Waals surface area contributed by atoms with Crippen molar-refractivity contribution in [1.82, 2.24) is 4.90 Å². The van der Waals surface area contributed by atoms with Gasteiger partial charge in [-0.1, -0.05) is 26.7 Å². The van der Waals surface area contributed by atoms with Gasteiger partial charge in [-0.05, 0) is 18.8 Å². The van der Waals surface area contributed by atoms with Gasteiger partial charge in [-0.15, -0.1) is 0 Å². The Bertz CT molecular complexity index is 210. The first-order chi connectivity index (χ1) is 7.61. The molecule has 1 aliphatic rings. The minimum atomic E-state index is 0.352. The molecule has 0 spiro atoms. The van der Waals surface area contributed by atoms with E-state index in [1.54, 1.807) is 0 Å².